The number of rotatable bonds is 5. The van der Waals surface area contributed by atoms with E-state index in [1.807, 2.05) is 4.90 Å². The molecular formula is C17H29N3O3. The summed E-state index contributed by atoms with van der Waals surface area (Å²) in [6.07, 6.45) is 3.63. The first-order chi connectivity index (χ1) is 11.0. The average Bonchev–Trinajstić information content (AvgIpc) is 3.26. The van der Waals surface area contributed by atoms with Gasteiger partial charge in [0.1, 0.15) is 6.10 Å². The molecule has 0 aromatic heterocycles. The molecule has 3 aliphatic rings. The van der Waals surface area contributed by atoms with E-state index in [0.717, 1.165) is 51.7 Å². The van der Waals surface area contributed by atoms with Crippen molar-refractivity contribution in [3.8, 4) is 0 Å². The molecule has 1 saturated carbocycles. The third kappa shape index (κ3) is 3.69. The Kier molecular flexibility index (Phi) is 4.92. The predicted octanol–water partition coefficient (Wildman–Crippen LogP) is 0.347. The minimum Gasteiger partial charge on any atom is -0.383 e. The molecule has 23 heavy (non-hydrogen) atoms. The number of carbonyl (C=O) groups excluding carboxylic acids is 2. The van der Waals surface area contributed by atoms with Crippen molar-refractivity contribution >= 4 is 11.8 Å². The maximum absolute atomic E-state index is 12.5. The van der Waals surface area contributed by atoms with Gasteiger partial charge in [0.15, 0.2) is 0 Å². The zero-order valence-corrected chi connectivity index (χ0v) is 14.2. The third-order valence-electron chi connectivity index (χ3n) is 5.49. The lowest BCUT2D eigenvalue weighted by atomic mass is 9.90. The number of aliphatic hydroxyl groups is 1. The van der Waals surface area contributed by atoms with Crippen LogP contribution in [0.15, 0.2) is 0 Å². The number of nitrogens with zero attached hydrogens (tertiary/aromatic N) is 2. The van der Waals surface area contributed by atoms with Gasteiger partial charge in [-0.25, -0.2) is 0 Å². The molecule has 1 aliphatic carbocycles. The maximum Gasteiger partial charge on any atom is 0.249 e. The summed E-state index contributed by atoms with van der Waals surface area (Å²) in [6.45, 7) is 6.54. The molecule has 0 unspecified atom stereocenters. The second kappa shape index (κ2) is 6.77. The van der Waals surface area contributed by atoms with Gasteiger partial charge >= 0.3 is 0 Å². The molecular weight excluding hydrogens is 294 g/mol. The monoisotopic (exact) mass is 323 g/mol. The quantitative estimate of drug-likeness (QED) is 0.766. The van der Waals surface area contributed by atoms with Gasteiger partial charge in [0.05, 0.1) is 6.04 Å². The summed E-state index contributed by atoms with van der Waals surface area (Å²) in [7, 11) is 0. The molecule has 3 rings (SSSR count). The molecule has 2 heterocycles. The third-order valence-corrected chi connectivity index (χ3v) is 5.49. The zero-order valence-electron chi connectivity index (χ0n) is 14.2. The van der Waals surface area contributed by atoms with E-state index >= 15 is 0 Å². The van der Waals surface area contributed by atoms with E-state index in [1.54, 1.807) is 0 Å². The molecule has 130 valence electrons. The Hall–Kier alpha value is -1.14. The Morgan fingerprint density at radius 1 is 1.13 bits per heavy atom. The van der Waals surface area contributed by atoms with Crippen molar-refractivity contribution in [3.05, 3.63) is 0 Å². The van der Waals surface area contributed by atoms with Crippen molar-refractivity contribution < 1.29 is 14.7 Å². The Bertz CT molecular complexity index is 456. The van der Waals surface area contributed by atoms with Crippen molar-refractivity contribution in [1.29, 1.82) is 0 Å². The summed E-state index contributed by atoms with van der Waals surface area (Å²) in [5.74, 6) is 0.0436. The fourth-order valence-corrected chi connectivity index (χ4v) is 3.81. The average molecular weight is 323 g/mol. The first-order valence-corrected chi connectivity index (χ1v) is 9.00. The number of carbonyl (C=O) groups is 2. The normalized spacial score (nSPS) is 28.4. The molecule has 0 radical (unpaired) electrons. The van der Waals surface area contributed by atoms with E-state index in [1.165, 1.54) is 0 Å². The smallest absolute Gasteiger partial charge is 0.249 e. The van der Waals surface area contributed by atoms with Crippen molar-refractivity contribution in [3.63, 3.8) is 0 Å². The van der Waals surface area contributed by atoms with Crippen LogP contribution in [0.1, 0.15) is 46.0 Å². The molecule has 0 aromatic rings. The number of nitrogens with one attached hydrogen (secondary N) is 1. The predicted molar refractivity (Wildman–Crippen MR) is 86.7 cm³/mol. The molecule has 6 nitrogen and oxygen atoms in total. The standard InChI is InChI=1S/C17H29N3O3/c1-11(2)20-10-7-14(17(20)23)19-8-5-12(6-9-19)15(21)16(22)18-13-3-4-13/h11-15,21H,3-10H2,1-2H3,(H,18,22)/t14-,15-/m1/s1. The molecule has 2 atom stereocenters. The molecule has 3 fully saturated rings. The lowest BCUT2D eigenvalue weighted by Gasteiger charge is -2.36. The Balaban J connectivity index is 1.48. The summed E-state index contributed by atoms with van der Waals surface area (Å²) >= 11 is 0. The molecule has 0 aromatic carbocycles. The minimum absolute atomic E-state index is 0.00390. The number of aliphatic hydroxyl groups excluding tert-OH is 1. The SMILES string of the molecule is CC(C)N1CC[C@@H](N2CCC([C@@H](O)C(=O)NC3CC3)CC2)C1=O. The van der Waals surface area contributed by atoms with Crippen LogP contribution in [-0.4, -0.2) is 70.6 Å². The fourth-order valence-electron chi connectivity index (χ4n) is 3.81. The van der Waals surface area contributed by atoms with Crippen LogP contribution in [0.25, 0.3) is 0 Å². The second-order valence-corrected chi connectivity index (χ2v) is 7.53. The highest BCUT2D eigenvalue weighted by molar-refractivity contribution is 5.84. The van der Waals surface area contributed by atoms with Gasteiger partial charge in [0.25, 0.3) is 0 Å². The highest BCUT2D eigenvalue weighted by Gasteiger charge is 2.40. The zero-order chi connectivity index (χ0) is 16.6. The minimum atomic E-state index is -0.899. The summed E-state index contributed by atoms with van der Waals surface area (Å²) < 4.78 is 0. The summed E-state index contributed by atoms with van der Waals surface area (Å²) in [4.78, 5) is 28.6. The number of hydrogen-bond acceptors (Lipinski definition) is 4. The second-order valence-electron chi connectivity index (χ2n) is 7.53. The van der Waals surface area contributed by atoms with Crippen LogP contribution in [0.4, 0.5) is 0 Å². The van der Waals surface area contributed by atoms with Gasteiger partial charge in [-0.1, -0.05) is 0 Å². The summed E-state index contributed by atoms with van der Waals surface area (Å²) in [6, 6.07) is 0.545. The largest absolute Gasteiger partial charge is 0.383 e. The molecule has 2 aliphatic heterocycles. The van der Waals surface area contributed by atoms with Crippen LogP contribution >= 0.6 is 0 Å². The Labute approximate surface area is 138 Å². The number of likely N-dealkylation sites (tertiary alicyclic amines) is 2. The topological polar surface area (TPSA) is 72.9 Å². The van der Waals surface area contributed by atoms with Gasteiger partial charge in [0, 0.05) is 18.6 Å². The van der Waals surface area contributed by atoms with Gasteiger partial charge in [-0.05, 0) is 65.0 Å². The summed E-state index contributed by atoms with van der Waals surface area (Å²) in [5, 5.41) is 13.1. The molecule has 6 heteroatoms. The molecule has 0 bridgehead atoms. The molecule has 2 N–H and O–H groups in total. The number of amides is 2. The van der Waals surface area contributed by atoms with E-state index in [4.69, 9.17) is 0 Å². The van der Waals surface area contributed by atoms with Crippen LogP contribution in [0.5, 0.6) is 0 Å². The van der Waals surface area contributed by atoms with Crippen LogP contribution in [-0.2, 0) is 9.59 Å². The van der Waals surface area contributed by atoms with Crippen molar-refractivity contribution in [2.75, 3.05) is 19.6 Å². The van der Waals surface area contributed by atoms with Gasteiger partial charge < -0.3 is 15.3 Å². The van der Waals surface area contributed by atoms with Crippen LogP contribution in [0.2, 0.25) is 0 Å². The van der Waals surface area contributed by atoms with Gasteiger partial charge in [0.2, 0.25) is 11.8 Å². The molecule has 2 saturated heterocycles. The Morgan fingerprint density at radius 2 is 1.78 bits per heavy atom. The maximum atomic E-state index is 12.5. The first-order valence-electron chi connectivity index (χ1n) is 9.00. The van der Waals surface area contributed by atoms with E-state index in [-0.39, 0.29) is 35.9 Å². The number of hydrogen-bond donors (Lipinski definition) is 2. The highest BCUT2D eigenvalue weighted by atomic mass is 16.3. The van der Waals surface area contributed by atoms with Gasteiger partial charge in [-0.3, -0.25) is 14.5 Å². The van der Waals surface area contributed by atoms with Crippen molar-refractivity contribution in [2.45, 2.75) is 70.2 Å². The Morgan fingerprint density at radius 3 is 2.30 bits per heavy atom. The van der Waals surface area contributed by atoms with Crippen LogP contribution in [0.3, 0.4) is 0 Å². The van der Waals surface area contributed by atoms with E-state index < -0.39 is 6.10 Å². The lowest BCUT2D eigenvalue weighted by molar-refractivity contribution is -0.136. The van der Waals surface area contributed by atoms with Crippen LogP contribution < -0.4 is 5.32 Å². The number of piperidine rings is 1. The van der Waals surface area contributed by atoms with Crippen LogP contribution in [0, 0.1) is 5.92 Å². The molecule has 0 spiro atoms. The summed E-state index contributed by atoms with van der Waals surface area (Å²) in [5.41, 5.74) is 0. The highest BCUT2D eigenvalue weighted by Crippen LogP contribution is 2.27. The van der Waals surface area contributed by atoms with Crippen molar-refractivity contribution in [1.82, 2.24) is 15.1 Å². The van der Waals surface area contributed by atoms with E-state index in [2.05, 4.69) is 24.1 Å². The van der Waals surface area contributed by atoms with Crippen molar-refractivity contribution in [2.24, 2.45) is 5.92 Å². The van der Waals surface area contributed by atoms with E-state index in [9.17, 15) is 14.7 Å². The lowest BCUT2D eigenvalue weighted by Crippen LogP contribution is -2.50. The van der Waals surface area contributed by atoms with Gasteiger partial charge in [-0.15, -0.1) is 0 Å². The first kappa shape index (κ1) is 16.7. The van der Waals surface area contributed by atoms with E-state index in [0.29, 0.717) is 0 Å². The fraction of sp³-hybridized carbons (Fsp3) is 0.882. The molecule has 2 amide bonds. The van der Waals surface area contributed by atoms with Gasteiger partial charge in [-0.2, -0.15) is 0 Å².